The van der Waals surface area contributed by atoms with E-state index in [1.807, 2.05) is 0 Å². The zero-order valence-electron chi connectivity index (χ0n) is 9.77. The first kappa shape index (κ1) is 14.0. The summed E-state index contributed by atoms with van der Waals surface area (Å²) in [5.41, 5.74) is 5.18. The summed E-state index contributed by atoms with van der Waals surface area (Å²) < 4.78 is 25.7. The lowest BCUT2D eigenvalue weighted by molar-refractivity contribution is -0.121. The Morgan fingerprint density at radius 1 is 1.47 bits per heavy atom. The topological polar surface area (TPSA) is 118 Å². The van der Waals surface area contributed by atoms with Crippen LogP contribution in [-0.4, -0.2) is 42.3 Å². The molecule has 9 heteroatoms. The van der Waals surface area contributed by atoms with Crippen LogP contribution in [0.2, 0.25) is 0 Å². The number of sulfonamides is 1. The van der Waals surface area contributed by atoms with Crippen LogP contribution in [0.1, 0.15) is 22.5 Å². The van der Waals surface area contributed by atoms with Crippen LogP contribution in [0.15, 0.2) is 16.3 Å². The van der Waals surface area contributed by atoms with Gasteiger partial charge in [0.15, 0.2) is 0 Å². The maximum Gasteiger partial charge on any atom is 0.345 e. The quantitative estimate of drug-likeness (QED) is 0.817. The van der Waals surface area contributed by atoms with Crippen molar-refractivity contribution in [2.45, 2.75) is 23.8 Å². The zero-order chi connectivity index (χ0) is 14.2. The van der Waals surface area contributed by atoms with Crippen LogP contribution >= 0.6 is 11.3 Å². The highest BCUT2D eigenvalue weighted by atomic mass is 32.2. The van der Waals surface area contributed by atoms with Gasteiger partial charge in [0.1, 0.15) is 10.9 Å². The van der Waals surface area contributed by atoms with Gasteiger partial charge in [-0.15, -0.1) is 11.3 Å². The molecule has 1 amide bonds. The first-order valence-corrected chi connectivity index (χ1v) is 7.79. The third-order valence-electron chi connectivity index (χ3n) is 2.92. The molecule has 0 aromatic carbocycles. The average Bonchev–Trinajstić information content (AvgIpc) is 2.98. The molecular formula is C10H12N2O5S2. The molecule has 0 bridgehead atoms. The van der Waals surface area contributed by atoms with Gasteiger partial charge in [-0.05, 0) is 18.9 Å². The van der Waals surface area contributed by atoms with Gasteiger partial charge in [-0.1, -0.05) is 0 Å². The van der Waals surface area contributed by atoms with Gasteiger partial charge >= 0.3 is 5.97 Å². The standard InChI is InChI=1S/C10H12N2O5S2/c11-9(13)7-2-1-3-12(7)19(16,17)6-4-8(10(14)15)18-5-6/h4-5,7H,1-3H2,(H2,11,13)(H,14,15). The van der Waals surface area contributed by atoms with E-state index in [1.165, 1.54) is 5.38 Å². The number of carbonyl (C=O) groups excluding carboxylic acids is 1. The molecular weight excluding hydrogens is 292 g/mol. The molecule has 2 rings (SSSR count). The Labute approximate surface area is 113 Å². The number of carboxylic acids is 1. The van der Waals surface area contributed by atoms with E-state index < -0.39 is 27.9 Å². The first-order valence-electron chi connectivity index (χ1n) is 5.47. The monoisotopic (exact) mass is 304 g/mol. The van der Waals surface area contributed by atoms with Gasteiger partial charge in [-0.3, -0.25) is 4.79 Å². The highest BCUT2D eigenvalue weighted by molar-refractivity contribution is 7.89. The van der Waals surface area contributed by atoms with Crippen molar-refractivity contribution in [1.29, 1.82) is 0 Å². The van der Waals surface area contributed by atoms with Crippen LogP contribution in [0, 0.1) is 0 Å². The van der Waals surface area contributed by atoms with E-state index in [9.17, 15) is 18.0 Å². The number of rotatable bonds is 4. The highest BCUT2D eigenvalue weighted by Gasteiger charge is 2.38. The molecule has 19 heavy (non-hydrogen) atoms. The smallest absolute Gasteiger partial charge is 0.345 e. The van der Waals surface area contributed by atoms with Crippen molar-refractivity contribution in [2.75, 3.05) is 6.54 Å². The number of amides is 1. The van der Waals surface area contributed by atoms with Gasteiger partial charge in [0.25, 0.3) is 0 Å². The first-order chi connectivity index (χ1) is 8.84. The van der Waals surface area contributed by atoms with Crippen LogP contribution in [0.5, 0.6) is 0 Å². The number of nitrogens with two attached hydrogens (primary N) is 1. The Kier molecular flexibility index (Phi) is 3.61. The molecule has 104 valence electrons. The molecule has 1 saturated heterocycles. The minimum absolute atomic E-state index is 0.0617. The van der Waals surface area contributed by atoms with E-state index >= 15 is 0 Å². The lowest BCUT2D eigenvalue weighted by Crippen LogP contribution is -2.43. The fourth-order valence-electron chi connectivity index (χ4n) is 2.01. The zero-order valence-corrected chi connectivity index (χ0v) is 11.4. The maximum atomic E-state index is 12.3. The fourth-order valence-corrected chi connectivity index (χ4v) is 4.78. The summed E-state index contributed by atoms with van der Waals surface area (Å²) in [7, 11) is -3.87. The van der Waals surface area contributed by atoms with Crippen LogP contribution in [0.3, 0.4) is 0 Å². The number of aromatic carboxylic acids is 1. The van der Waals surface area contributed by atoms with Crippen LogP contribution < -0.4 is 5.73 Å². The third-order valence-corrected chi connectivity index (χ3v) is 5.88. The van der Waals surface area contributed by atoms with Crippen molar-refractivity contribution < 1.29 is 23.1 Å². The van der Waals surface area contributed by atoms with Crippen LogP contribution in [0.25, 0.3) is 0 Å². The Balaban J connectivity index is 2.36. The van der Waals surface area contributed by atoms with Crippen molar-refractivity contribution in [3.8, 4) is 0 Å². The summed E-state index contributed by atoms with van der Waals surface area (Å²) in [6.07, 6.45) is 0.952. The lowest BCUT2D eigenvalue weighted by Gasteiger charge is -2.20. The molecule has 1 fully saturated rings. The normalized spacial score (nSPS) is 20.5. The third kappa shape index (κ3) is 2.48. The molecule has 0 saturated carbocycles. The predicted octanol–water partition coefficient (Wildman–Crippen LogP) is 0.0847. The van der Waals surface area contributed by atoms with Crippen LogP contribution in [0.4, 0.5) is 0 Å². The van der Waals surface area contributed by atoms with Crippen molar-refractivity contribution >= 4 is 33.2 Å². The molecule has 1 aliphatic heterocycles. The summed E-state index contributed by atoms with van der Waals surface area (Å²) in [6, 6.07) is 0.247. The van der Waals surface area contributed by atoms with Gasteiger partial charge < -0.3 is 10.8 Å². The fraction of sp³-hybridized carbons (Fsp3) is 0.400. The molecule has 2 heterocycles. The maximum absolute atomic E-state index is 12.3. The summed E-state index contributed by atoms with van der Waals surface area (Å²) in [5, 5.41) is 10.1. The summed E-state index contributed by atoms with van der Waals surface area (Å²) in [5.74, 6) is -1.87. The number of carboxylic acid groups (broad SMARTS) is 1. The minimum atomic E-state index is -3.87. The second-order valence-electron chi connectivity index (χ2n) is 4.13. The van der Waals surface area contributed by atoms with Gasteiger partial charge in [-0.25, -0.2) is 13.2 Å². The van der Waals surface area contributed by atoms with Gasteiger partial charge in [-0.2, -0.15) is 4.31 Å². The second-order valence-corrected chi connectivity index (χ2v) is 6.93. The Hall–Kier alpha value is -1.45. The molecule has 0 aliphatic carbocycles. The summed E-state index contributed by atoms with van der Waals surface area (Å²) in [6.45, 7) is 0.216. The van der Waals surface area contributed by atoms with E-state index in [1.54, 1.807) is 0 Å². The highest BCUT2D eigenvalue weighted by Crippen LogP contribution is 2.28. The van der Waals surface area contributed by atoms with E-state index in [-0.39, 0.29) is 16.3 Å². The largest absolute Gasteiger partial charge is 0.477 e. The van der Waals surface area contributed by atoms with Crippen LogP contribution in [-0.2, 0) is 14.8 Å². The lowest BCUT2D eigenvalue weighted by atomic mass is 10.2. The van der Waals surface area contributed by atoms with Crippen molar-refractivity contribution in [3.63, 3.8) is 0 Å². The Morgan fingerprint density at radius 3 is 2.68 bits per heavy atom. The van der Waals surface area contributed by atoms with Crippen molar-refractivity contribution in [3.05, 3.63) is 16.3 Å². The molecule has 1 aliphatic rings. The molecule has 3 N–H and O–H groups in total. The van der Waals surface area contributed by atoms with E-state index in [0.29, 0.717) is 12.8 Å². The van der Waals surface area contributed by atoms with Gasteiger partial charge in [0.2, 0.25) is 15.9 Å². The van der Waals surface area contributed by atoms with E-state index in [0.717, 1.165) is 21.7 Å². The Bertz CT molecular complexity index is 622. The molecule has 7 nitrogen and oxygen atoms in total. The number of carbonyl (C=O) groups is 2. The number of thiophene rings is 1. The summed E-state index contributed by atoms with van der Waals surface area (Å²) >= 11 is 0.831. The van der Waals surface area contributed by atoms with Gasteiger partial charge in [0, 0.05) is 11.9 Å². The second kappa shape index (κ2) is 4.91. The average molecular weight is 304 g/mol. The van der Waals surface area contributed by atoms with Crippen molar-refractivity contribution in [2.24, 2.45) is 5.73 Å². The summed E-state index contributed by atoms with van der Waals surface area (Å²) in [4.78, 5) is 21.8. The van der Waals surface area contributed by atoms with Gasteiger partial charge in [0.05, 0.1) is 4.90 Å². The van der Waals surface area contributed by atoms with E-state index in [2.05, 4.69) is 0 Å². The van der Waals surface area contributed by atoms with E-state index in [4.69, 9.17) is 10.8 Å². The molecule has 0 radical (unpaired) electrons. The number of primary amides is 1. The molecule has 1 aromatic heterocycles. The number of hydrogen-bond acceptors (Lipinski definition) is 5. The molecule has 0 spiro atoms. The number of hydrogen-bond donors (Lipinski definition) is 2. The molecule has 1 unspecified atom stereocenters. The predicted molar refractivity (Wildman–Crippen MR) is 67.4 cm³/mol. The molecule has 1 atom stereocenters. The number of nitrogens with zero attached hydrogens (tertiary/aromatic N) is 1. The van der Waals surface area contributed by atoms with Crippen molar-refractivity contribution in [1.82, 2.24) is 4.31 Å². The molecule has 1 aromatic rings. The minimum Gasteiger partial charge on any atom is -0.477 e. The Morgan fingerprint density at radius 2 is 2.16 bits per heavy atom. The SMILES string of the molecule is NC(=O)C1CCCN1S(=O)(=O)c1csc(C(=O)O)c1.